The summed E-state index contributed by atoms with van der Waals surface area (Å²) in [5, 5.41) is 2.98. The smallest absolute Gasteiger partial charge is 0.248 e. The molecule has 4 nitrogen and oxygen atoms in total. The first kappa shape index (κ1) is 14.7. The minimum atomic E-state index is -0.564. The third-order valence-electron chi connectivity index (χ3n) is 4.04. The molecule has 1 saturated heterocycles. The van der Waals surface area contributed by atoms with E-state index >= 15 is 0 Å². The van der Waals surface area contributed by atoms with E-state index in [9.17, 15) is 9.59 Å². The van der Waals surface area contributed by atoms with Gasteiger partial charge in [0.1, 0.15) is 5.54 Å². The number of rotatable bonds is 5. The van der Waals surface area contributed by atoms with Crippen LogP contribution in [0.4, 0.5) is 0 Å². The molecule has 1 N–H and O–H groups in total. The zero-order valence-electron chi connectivity index (χ0n) is 11.7. The second kappa shape index (κ2) is 6.64. The average molecular weight is 284 g/mol. The Bertz CT molecular complexity index is 340. The van der Waals surface area contributed by atoms with Gasteiger partial charge in [-0.3, -0.25) is 9.59 Å². The highest BCUT2D eigenvalue weighted by atomic mass is 32.2. The molecule has 0 aromatic heterocycles. The van der Waals surface area contributed by atoms with Crippen LogP contribution in [0.3, 0.4) is 0 Å². The summed E-state index contributed by atoms with van der Waals surface area (Å²) in [4.78, 5) is 26.3. The largest absolute Gasteiger partial charge is 0.340 e. The maximum Gasteiger partial charge on any atom is 0.248 e. The van der Waals surface area contributed by atoms with Crippen LogP contribution in [0.25, 0.3) is 0 Å². The molecule has 5 heteroatoms. The van der Waals surface area contributed by atoms with E-state index in [1.165, 1.54) is 6.42 Å². The van der Waals surface area contributed by atoms with E-state index in [0.29, 0.717) is 0 Å². The molecule has 0 bridgehead atoms. The summed E-state index contributed by atoms with van der Waals surface area (Å²) in [7, 11) is 0. The fourth-order valence-corrected chi connectivity index (χ4v) is 3.71. The molecule has 2 fully saturated rings. The first-order valence-corrected chi connectivity index (χ1v) is 8.51. The summed E-state index contributed by atoms with van der Waals surface area (Å²) in [6, 6.07) is 0. The first-order chi connectivity index (χ1) is 9.18. The Morgan fingerprint density at radius 1 is 1.26 bits per heavy atom. The lowest BCUT2D eigenvalue weighted by molar-refractivity contribution is -0.151. The normalized spacial score (nSPS) is 22.7. The Morgan fingerprint density at radius 3 is 2.68 bits per heavy atom. The van der Waals surface area contributed by atoms with E-state index in [-0.39, 0.29) is 18.4 Å². The summed E-state index contributed by atoms with van der Waals surface area (Å²) >= 11 is 1.89. The van der Waals surface area contributed by atoms with Crippen LogP contribution in [0.2, 0.25) is 0 Å². The third kappa shape index (κ3) is 3.44. The molecular weight excluding hydrogens is 260 g/mol. The Balaban J connectivity index is 1.95. The summed E-state index contributed by atoms with van der Waals surface area (Å²) in [6.45, 7) is 3.11. The van der Waals surface area contributed by atoms with Crippen LogP contribution >= 0.6 is 11.8 Å². The number of piperazine rings is 1. The molecule has 1 spiro atoms. The number of nitrogens with one attached hydrogen (secondary N) is 1. The zero-order chi connectivity index (χ0) is 13.7. The van der Waals surface area contributed by atoms with Gasteiger partial charge < -0.3 is 10.2 Å². The van der Waals surface area contributed by atoms with Gasteiger partial charge in [-0.25, -0.2) is 0 Å². The van der Waals surface area contributed by atoms with E-state index in [1.807, 2.05) is 11.8 Å². The molecule has 1 aliphatic heterocycles. The Labute approximate surface area is 119 Å². The molecule has 2 amide bonds. The highest BCUT2D eigenvalue weighted by molar-refractivity contribution is 7.99. The number of hydrogen-bond donors (Lipinski definition) is 1. The fourth-order valence-electron chi connectivity index (χ4n) is 3.08. The molecule has 1 heterocycles. The van der Waals surface area contributed by atoms with Gasteiger partial charge in [-0.15, -0.1) is 0 Å². The van der Waals surface area contributed by atoms with E-state index < -0.39 is 5.54 Å². The van der Waals surface area contributed by atoms with Crippen LogP contribution < -0.4 is 5.32 Å². The van der Waals surface area contributed by atoms with Crippen molar-refractivity contribution in [3.8, 4) is 0 Å². The van der Waals surface area contributed by atoms with Crippen molar-refractivity contribution in [2.75, 3.05) is 24.6 Å². The summed E-state index contributed by atoms with van der Waals surface area (Å²) in [6.07, 6.45) is 5.89. The number of nitrogens with zero attached hydrogens (tertiary/aromatic N) is 1. The molecule has 0 atom stereocenters. The van der Waals surface area contributed by atoms with E-state index in [4.69, 9.17) is 0 Å². The minimum absolute atomic E-state index is 0.0182. The lowest BCUT2D eigenvalue weighted by Gasteiger charge is -2.44. The van der Waals surface area contributed by atoms with Crippen LogP contribution in [0.15, 0.2) is 0 Å². The van der Waals surface area contributed by atoms with Gasteiger partial charge in [0.05, 0.1) is 6.54 Å². The van der Waals surface area contributed by atoms with Gasteiger partial charge in [0.15, 0.2) is 0 Å². The van der Waals surface area contributed by atoms with Crippen LogP contribution in [-0.2, 0) is 9.59 Å². The Morgan fingerprint density at radius 2 is 2.00 bits per heavy atom. The summed E-state index contributed by atoms with van der Waals surface area (Å²) in [5.41, 5.74) is -0.564. The first-order valence-electron chi connectivity index (χ1n) is 7.36. The number of hydrogen-bond acceptors (Lipinski definition) is 3. The highest BCUT2D eigenvalue weighted by Gasteiger charge is 2.46. The van der Waals surface area contributed by atoms with Crippen molar-refractivity contribution in [2.45, 2.75) is 51.0 Å². The van der Waals surface area contributed by atoms with Crippen LogP contribution in [-0.4, -0.2) is 46.8 Å². The predicted octanol–water partition coefficient (Wildman–Crippen LogP) is 1.79. The van der Waals surface area contributed by atoms with Crippen molar-refractivity contribution in [3.05, 3.63) is 0 Å². The average Bonchev–Trinajstić information content (AvgIpc) is 2.41. The quantitative estimate of drug-likeness (QED) is 0.783. The van der Waals surface area contributed by atoms with Crippen LogP contribution in [0, 0.1) is 0 Å². The van der Waals surface area contributed by atoms with Gasteiger partial charge in [-0.05, 0) is 30.8 Å². The second-order valence-corrected chi connectivity index (χ2v) is 6.86. The Hall–Kier alpha value is -0.710. The fraction of sp³-hybridized carbons (Fsp3) is 0.857. The molecule has 0 radical (unpaired) electrons. The molecule has 0 aromatic rings. The van der Waals surface area contributed by atoms with Crippen molar-refractivity contribution >= 4 is 23.6 Å². The van der Waals surface area contributed by atoms with Crippen molar-refractivity contribution in [1.82, 2.24) is 10.2 Å². The maximum atomic E-state index is 12.6. The lowest BCUT2D eigenvalue weighted by atomic mass is 9.79. The van der Waals surface area contributed by atoms with Crippen molar-refractivity contribution < 1.29 is 9.59 Å². The molecule has 2 aliphatic rings. The zero-order valence-corrected chi connectivity index (χ0v) is 12.6. The monoisotopic (exact) mass is 284 g/mol. The molecule has 108 valence electrons. The number of carbonyl (C=O) groups excluding carboxylic acids is 2. The molecule has 2 rings (SSSR count). The van der Waals surface area contributed by atoms with Gasteiger partial charge >= 0.3 is 0 Å². The van der Waals surface area contributed by atoms with Gasteiger partial charge in [-0.2, -0.15) is 11.8 Å². The summed E-state index contributed by atoms with van der Waals surface area (Å²) < 4.78 is 0. The minimum Gasteiger partial charge on any atom is -0.340 e. The molecule has 1 saturated carbocycles. The molecule has 1 aliphatic carbocycles. The Kier molecular flexibility index (Phi) is 5.13. The number of amides is 2. The van der Waals surface area contributed by atoms with Gasteiger partial charge in [0.2, 0.25) is 11.8 Å². The van der Waals surface area contributed by atoms with E-state index in [1.54, 1.807) is 4.90 Å². The van der Waals surface area contributed by atoms with Crippen molar-refractivity contribution in [2.24, 2.45) is 0 Å². The predicted molar refractivity (Wildman–Crippen MR) is 78.2 cm³/mol. The molecule has 0 aromatic carbocycles. The number of thioether (sulfide) groups is 1. The SMILES string of the molecule is CCSCCCN1CC(=O)NC2(CCCCC2)C1=O. The van der Waals surface area contributed by atoms with Crippen LogP contribution in [0.5, 0.6) is 0 Å². The van der Waals surface area contributed by atoms with Gasteiger partial charge in [0, 0.05) is 6.54 Å². The maximum absolute atomic E-state index is 12.6. The van der Waals surface area contributed by atoms with E-state index in [2.05, 4.69) is 12.2 Å². The highest BCUT2D eigenvalue weighted by Crippen LogP contribution is 2.31. The van der Waals surface area contributed by atoms with E-state index in [0.717, 1.165) is 50.2 Å². The topological polar surface area (TPSA) is 49.4 Å². The van der Waals surface area contributed by atoms with Gasteiger partial charge in [0.25, 0.3) is 0 Å². The molecular formula is C14H24N2O2S. The number of carbonyl (C=O) groups is 2. The lowest BCUT2D eigenvalue weighted by Crippen LogP contribution is -2.67. The second-order valence-electron chi connectivity index (χ2n) is 5.47. The summed E-state index contributed by atoms with van der Waals surface area (Å²) in [5.74, 6) is 2.35. The molecule has 19 heavy (non-hydrogen) atoms. The van der Waals surface area contributed by atoms with Crippen molar-refractivity contribution in [1.29, 1.82) is 0 Å². The standard InChI is InChI=1S/C14H24N2O2S/c1-2-19-10-6-9-16-11-12(17)15-14(13(16)18)7-4-3-5-8-14/h2-11H2,1H3,(H,15,17). The van der Waals surface area contributed by atoms with Crippen molar-refractivity contribution in [3.63, 3.8) is 0 Å². The third-order valence-corrected chi connectivity index (χ3v) is 5.02. The molecule has 0 unspecified atom stereocenters. The van der Waals surface area contributed by atoms with Crippen LogP contribution in [0.1, 0.15) is 45.4 Å². The van der Waals surface area contributed by atoms with Gasteiger partial charge in [-0.1, -0.05) is 26.2 Å².